The lowest BCUT2D eigenvalue weighted by Crippen LogP contribution is -2.39. The summed E-state index contributed by atoms with van der Waals surface area (Å²) in [5.41, 5.74) is 4.00. The molecule has 0 fully saturated rings. The number of carbonyl (C=O) groups excluding carboxylic acids is 2. The van der Waals surface area contributed by atoms with Crippen LogP contribution in [0.2, 0.25) is 0 Å². The van der Waals surface area contributed by atoms with Crippen LogP contribution in [-0.4, -0.2) is 22.4 Å². The minimum absolute atomic E-state index is 0.0633. The van der Waals surface area contributed by atoms with Crippen molar-refractivity contribution < 1.29 is 14.3 Å². The molecule has 1 aliphatic carbocycles. The van der Waals surface area contributed by atoms with Crippen LogP contribution < -0.4 is 10.1 Å². The normalized spacial score (nSPS) is 19.6. The van der Waals surface area contributed by atoms with Gasteiger partial charge in [0.25, 0.3) is 0 Å². The molecule has 6 heteroatoms. The molecule has 5 rings (SSSR count). The van der Waals surface area contributed by atoms with Crippen LogP contribution in [0.5, 0.6) is 11.5 Å². The summed E-state index contributed by atoms with van der Waals surface area (Å²) in [5.74, 6) is 0.613. The molecule has 2 heterocycles. The van der Waals surface area contributed by atoms with Gasteiger partial charge in [0.2, 0.25) is 5.91 Å². The second kappa shape index (κ2) is 9.66. The monoisotopic (exact) mass is 465 g/mol. The molecule has 0 bridgehead atoms. The van der Waals surface area contributed by atoms with Gasteiger partial charge in [-0.15, -0.1) is 0 Å². The molecule has 1 aromatic heterocycles. The number of aromatic nitrogens is 1. The molecular formula is C29H27N3O3. The molecule has 2 atom stereocenters. The van der Waals surface area contributed by atoms with Crippen LogP contribution in [0.3, 0.4) is 0 Å². The average Bonchev–Trinajstić information content (AvgIpc) is 2.84. The number of aliphatic imine (C=N–C) groups is 1. The molecule has 2 aromatic carbocycles. The van der Waals surface area contributed by atoms with Gasteiger partial charge in [-0.1, -0.05) is 30.3 Å². The lowest BCUT2D eigenvalue weighted by atomic mass is 9.71. The van der Waals surface area contributed by atoms with Crippen molar-refractivity contribution in [1.29, 1.82) is 0 Å². The Kier molecular flexibility index (Phi) is 6.27. The minimum Gasteiger partial charge on any atom is -0.457 e. The number of hydrogen-bond donors (Lipinski definition) is 1. The van der Waals surface area contributed by atoms with Crippen molar-refractivity contribution in [3.05, 3.63) is 95.3 Å². The van der Waals surface area contributed by atoms with Gasteiger partial charge in [-0.2, -0.15) is 0 Å². The second-order valence-corrected chi connectivity index (χ2v) is 9.04. The molecule has 3 aromatic rings. The molecule has 35 heavy (non-hydrogen) atoms. The maximum absolute atomic E-state index is 13.6. The lowest BCUT2D eigenvalue weighted by molar-refractivity contribution is -0.119. The quantitative estimate of drug-likeness (QED) is 0.501. The Morgan fingerprint density at radius 2 is 1.77 bits per heavy atom. The fraction of sp³-hybridized carbons (Fsp3) is 0.241. The summed E-state index contributed by atoms with van der Waals surface area (Å²) in [6.45, 7) is 3.82. The molecule has 176 valence electrons. The summed E-state index contributed by atoms with van der Waals surface area (Å²) in [6, 6.07) is 20.9. The van der Waals surface area contributed by atoms with Crippen LogP contribution in [0.1, 0.15) is 43.2 Å². The first-order valence-corrected chi connectivity index (χ1v) is 11.9. The van der Waals surface area contributed by atoms with Crippen molar-refractivity contribution in [2.75, 3.05) is 5.32 Å². The molecule has 0 radical (unpaired) electrons. The Balaban J connectivity index is 1.55. The van der Waals surface area contributed by atoms with Crippen LogP contribution in [0, 0.1) is 12.8 Å². The molecule has 1 N–H and O–H groups in total. The number of hydrogen-bond acceptors (Lipinski definition) is 5. The highest BCUT2D eigenvalue weighted by Crippen LogP contribution is 2.44. The fourth-order valence-electron chi connectivity index (χ4n) is 4.91. The molecule has 0 spiro atoms. The minimum atomic E-state index is -0.634. The van der Waals surface area contributed by atoms with Crippen LogP contribution in [0.15, 0.2) is 89.2 Å². The fourth-order valence-corrected chi connectivity index (χ4v) is 4.91. The highest BCUT2D eigenvalue weighted by atomic mass is 16.5. The number of ketones is 1. The second-order valence-electron chi connectivity index (χ2n) is 9.04. The number of rotatable bonds is 5. The first kappa shape index (κ1) is 22.7. The molecular weight excluding hydrogens is 438 g/mol. The van der Waals surface area contributed by atoms with Gasteiger partial charge >= 0.3 is 0 Å². The van der Waals surface area contributed by atoms with Crippen molar-refractivity contribution in [2.45, 2.75) is 39.0 Å². The maximum Gasteiger partial charge on any atom is 0.235 e. The summed E-state index contributed by atoms with van der Waals surface area (Å²) < 4.78 is 6.06. The van der Waals surface area contributed by atoms with Crippen LogP contribution in [0.25, 0.3) is 0 Å². The summed E-state index contributed by atoms with van der Waals surface area (Å²) in [6.07, 6.45) is 3.66. The third-order valence-corrected chi connectivity index (χ3v) is 6.48. The molecule has 1 unspecified atom stereocenters. The third kappa shape index (κ3) is 4.78. The number of ether oxygens (including phenoxy) is 1. The molecule has 6 nitrogen and oxygen atoms in total. The van der Waals surface area contributed by atoms with Gasteiger partial charge in [0.1, 0.15) is 17.3 Å². The van der Waals surface area contributed by atoms with Gasteiger partial charge in [0.05, 0.1) is 5.92 Å². The predicted octanol–water partition coefficient (Wildman–Crippen LogP) is 6.00. The summed E-state index contributed by atoms with van der Waals surface area (Å²) in [7, 11) is 0. The summed E-state index contributed by atoms with van der Waals surface area (Å²) >= 11 is 0. The number of allylic oxidation sites excluding steroid dienone is 2. The highest BCUT2D eigenvalue weighted by molar-refractivity contribution is 6.13. The first-order chi connectivity index (χ1) is 17.0. The number of aryl methyl sites for hydroxylation is 1. The molecule has 2 aliphatic rings. The highest BCUT2D eigenvalue weighted by Gasteiger charge is 2.42. The van der Waals surface area contributed by atoms with Crippen LogP contribution in [-0.2, 0) is 9.59 Å². The van der Waals surface area contributed by atoms with Crippen molar-refractivity contribution >= 4 is 23.2 Å². The largest absolute Gasteiger partial charge is 0.457 e. The Morgan fingerprint density at radius 1 is 0.971 bits per heavy atom. The number of Topliss-reactive ketones (excluding diaryl/α,β-unsaturated/α-hetero) is 1. The van der Waals surface area contributed by atoms with E-state index < -0.39 is 11.8 Å². The van der Waals surface area contributed by atoms with Gasteiger partial charge in [0.15, 0.2) is 5.78 Å². The van der Waals surface area contributed by atoms with Gasteiger partial charge in [-0.05, 0) is 74.2 Å². The van der Waals surface area contributed by atoms with Gasteiger partial charge in [-0.25, -0.2) is 4.98 Å². The summed E-state index contributed by atoms with van der Waals surface area (Å²) in [4.78, 5) is 35.8. The van der Waals surface area contributed by atoms with Crippen LogP contribution in [0.4, 0.5) is 5.82 Å². The van der Waals surface area contributed by atoms with E-state index in [1.807, 2.05) is 80.6 Å². The van der Waals surface area contributed by atoms with Gasteiger partial charge in [-0.3, -0.25) is 14.6 Å². The number of nitrogens with one attached hydrogen (secondary N) is 1. The number of nitrogens with zero attached hydrogens (tertiary/aromatic N) is 2. The Bertz CT molecular complexity index is 1340. The van der Waals surface area contributed by atoms with Gasteiger partial charge in [0, 0.05) is 35.5 Å². The summed E-state index contributed by atoms with van der Waals surface area (Å²) in [5, 5.41) is 2.95. The molecule has 1 aliphatic heterocycles. The Morgan fingerprint density at radius 3 is 2.57 bits per heavy atom. The SMILES string of the molecule is CC1=NC2=C(C(=O)CCC2)[C@H](c2cccc(Oc3ccccc3)c2)C1C(=O)Nc1cc(C)ccn1. The van der Waals surface area contributed by atoms with E-state index in [4.69, 9.17) is 9.73 Å². The predicted molar refractivity (Wildman–Crippen MR) is 136 cm³/mol. The zero-order chi connectivity index (χ0) is 24.4. The smallest absolute Gasteiger partial charge is 0.235 e. The number of pyridine rings is 1. The molecule has 0 saturated heterocycles. The number of carbonyl (C=O) groups is 2. The number of anilines is 1. The standard InChI is InChI=1S/C29H27N3O3/c1-18-14-15-30-25(16-18)32-29(34)26-19(2)31-23-12-7-13-24(33)28(23)27(26)20-8-6-11-22(17-20)35-21-9-4-3-5-10-21/h3-6,8-11,14-17,26-27H,7,12-13H2,1-2H3,(H,30,32,34)/t26?,27-/m1/s1. The van der Waals surface area contributed by atoms with E-state index in [0.717, 1.165) is 35.4 Å². The van der Waals surface area contributed by atoms with E-state index in [2.05, 4.69) is 10.3 Å². The average molecular weight is 466 g/mol. The van der Waals surface area contributed by atoms with E-state index in [9.17, 15) is 9.59 Å². The van der Waals surface area contributed by atoms with Crippen LogP contribution >= 0.6 is 0 Å². The lowest BCUT2D eigenvalue weighted by Gasteiger charge is -2.35. The zero-order valence-electron chi connectivity index (χ0n) is 19.8. The molecule has 1 amide bonds. The maximum atomic E-state index is 13.6. The third-order valence-electron chi connectivity index (χ3n) is 6.48. The van der Waals surface area contributed by atoms with E-state index in [-0.39, 0.29) is 11.7 Å². The number of amides is 1. The van der Waals surface area contributed by atoms with E-state index in [1.165, 1.54) is 0 Å². The first-order valence-electron chi connectivity index (χ1n) is 11.9. The Hall–Kier alpha value is -4.06. The number of benzene rings is 2. The van der Waals surface area contributed by atoms with E-state index in [1.54, 1.807) is 6.20 Å². The number of para-hydroxylation sites is 1. The van der Waals surface area contributed by atoms with E-state index >= 15 is 0 Å². The van der Waals surface area contributed by atoms with Crippen molar-refractivity contribution in [3.63, 3.8) is 0 Å². The van der Waals surface area contributed by atoms with E-state index in [0.29, 0.717) is 29.3 Å². The zero-order valence-corrected chi connectivity index (χ0v) is 19.8. The Labute approximate surface area is 204 Å². The van der Waals surface area contributed by atoms with Crippen molar-refractivity contribution in [2.24, 2.45) is 10.9 Å². The van der Waals surface area contributed by atoms with Crippen molar-refractivity contribution in [1.82, 2.24) is 4.98 Å². The van der Waals surface area contributed by atoms with Gasteiger partial charge < -0.3 is 10.1 Å². The molecule has 0 saturated carbocycles. The topological polar surface area (TPSA) is 80.6 Å². The van der Waals surface area contributed by atoms with Crippen molar-refractivity contribution in [3.8, 4) is 11.5 Å².